The molecule has 0 aliphatic heterocycles. The molecule has 0 aliphatic carbocycles. The van der Waals surface area contributed by atoms with Gasteiger partial charge in [0, 0.05) is 18.1 Å². The Hall–Kier alpha value is -1.43. The maximum atomic E-state index is 11.4. The summed E-state index contributed by atoms with van der Waals surface area (Å²) in [5.74, 6) is 0. The molecular formula is C12H10Cl3N3O2. The number of alkyl halides is 3. The number of nitrogens with one attached hydrogen (secondary N) is 1. The zero-order valence-electron chi connectivity index (χ0n) is 10.1. The summed E-state index contributed by atoms with van der Waals surface area (Å²) in [7, 11) is 0. The normalized spacial score (nSPS) is 11.2. The molecule has 8 heteroatoms. The van der Waals surface area contributed by atoms with Crippen molar-refractivity contribution in [3.63, 3.8) is 0 Å². The summed E-state index contributed by atoms with van der Waals surface area (Å²) < 4.78 is 4.83. The lowest BCUT2D eigenvalue weighted by Crippen LogP contribution is -2.21. The van der Waals surface area contributed by atoms with Gasteiger partial charge in [-0.1, -0.05) is 34.8 Å². The second kappa shape index (κ2) is 6.35. The van der Waals surface area contributed by atoms with E-state index in [1.807, 2.05) is 12.3 Å². The van der Waals surface area contributed by atoms with Crippen molar-refractivity contribution >= 4 is 46.6 Å². The third-order valence-electron chi connectivity index (χ3n) is 2.25. The number of carbonyl (C=O) groups is 1. The van der Waals surface area contributed by atoms with Crippen LogP contribution in [0.3, 0.4) is 0 Å². The molecule has 5 nitrogen and oxygen atoms in total. The van der Waals surface area contributed by atoms with Gasteiger partial charge in [-0.25, -0.2) is 9.48 Å². The number of halogens is 3. The van der Waals surface area contributed by atoms with Gasteiger partial charge >= 0.3 is 6.09 Å². The van der Waals surface area contributed by atoms with E-state index >= 15 is 0 Å². The predicted octanol–water partition coefficient (Wildman–Crippen LogP) is 3.79. The van der Waals surface area contributed by atoms with Gasteiger partial charge in [0.05, 0.1) is 5.69 Å². The molecule has 1 heterocycles. The van der Waals surface area contributed by atoms with Crippen molar-refractivity contribution in [3.05, 3.63) is 42.7 Å². The van der Waals surface area contributed by atoms with Gasteiger partial charge in [0.2, 0.25) is 3.79 Å². The van der Waals surface area contributed by atoms with Crippen molar-refractivity contribution in [1.82, 2.24) is 9.78 Å². The Morgan fingerprint density at radius 2 is 2.00 bits per heavy atom. The van der Waals surface area contributed by atoms with E-state index in [9.17, 15) is 4.79 Å². The maximum absolute atomic E-state index is 11.4. The van der Waals surface area contributed by atoms with Gasteiger partial charge in [-0.3, -0.25) is 5.32 Å². The molecule has 106 valence electrons. The van der Waals surface area contributed by atoms with E-state index in [0.29, 0.717) is 5.69 Å². The highest BCUT2D eigenvalue weighted by atomic mass is 35.6. The summed E-state index contributed by atoms with van der Waals surface area (Å²) in [6.07, 6.45) is 2.81. The monoisotopic (exact) mass is 333 g/mol. The minimum absolute atomic E-state index is 0.325. The van der Waals surface area contributed by atoms with Crippen LogP contribution in [0.25, 0.3) is 5.69 Å². The van der Waals surface area contributed by atoms with Crippen LogP contribution in [0.2, 0.25) is 0 Å². The third kappa shape index (κ3) is 4.59. The minimum Gasteiger partial charge on any atom is -0.445 e. The molecule has 1 N–H and O–H groups in total. The van der Waals surface area contributed by atoms with Crippen molar-refractivity contribution in [2.75, 3.05) is 11.9 Å². The van der Waals surface area contributed by atoms with Gasteiger partial charge in [0.25, 0.3) is 0 Å². The zero-order chi connectivity index (χ0) is 14.6. The number of nitrogens with zero attached hydrogens (tertiary/aromatic N) is 2. The van der Waals surface area contributed by atoms with Crippen molar-refractivity contribution in [3.8, 4) is 5.69 Å². The maximum Gasteiger partial charge on any atom is 0.411 e. The lowest BCUT2D eigenvalue weighted by molar-refractivity contribution is 0.164. The van der Waals surface area contributed by atoms with E-state index in [2.05, 4.69) is 10.4 Å². The van der Waals surface area contributed by atoms with Gasteiger partial charge in [-0.2, -0.15) is 5.10 Å². The van der Waals surface area contributed by atoms with Crippen molar-refractivity contribution in [2.24, 2.45) is 0 Å². The molecule has 20 heavy (non-hydrogen) atoms. The average molecular weight is 335 g/mol. The third-order valence-corrected chi connectivity index (χ3v) is 2.58. The van der Waals surface area contributed by atoms with Crippen LogP contribution in [0.1, 0.15) is 0 Å². The molecule has 0 spiro atoms. The lowest BCUT2D eigenvalue weighted by atomic mass is 10.3. The summed E-state index contributed by atoms with van der Waals surface area (Å²) in [5, 5.41) is 6.61. The second-order valence-corrected chi connectivity index (χ2v) is 6.33. The van der Waals surface area contributed by atoms with Crippen LogP contribution in [-0.4, -0.2) is 26.3 Å². The highest BCUT2D eigenvalue weighted by Crippen LogP contribution is 2.26. The fraction of sp³-hybridized carbons (Fsp3) is 0.167. The fourth-order valence-electron chi connectivity index (χ4n) is 1.42. The fourth-order valence-corrected chi connectivity index (χ4v) is 1.58. The van der Waals surface area contributed by atoms with Crippen LogP contribution in [0, 0.1) is 0 Å². The van der Waals surface area contributed by atoms with Gasteiger partial charge in [-0.15, -0.1) is 0 Å². The highest BCUT2D eigenvalue weighted by Gasteiger charge is 2.22. The average Bonchev–Trinajstić information content (AvgIpc) is 2.90. The molecule has 0 atom stereocenters. The Morgan fingerprint density at radius 3 is 2.55 bits per heavy atom. The molecule has 0 bridgehead atoms. The van der Waals surface area contributed by atoms with E-state index in [-0.39, 0.29) is 6.61 Å². The van der Waals surface area contributed by atoms with Crippen LogP contribution >= 0.6 is 34.8 Å². The molecular weight excluding hydrogens is 325 g/mol. The number of anilines is 1. The first-order valence-corrected chi connectivity index (χ1v) is 6.68. The van der Waals surface area contributed by atoms with Crippen LogP contribution < -0.4 is 5.32 Å². The van der Waals surface area contributed by atoms with E-state index in [1.54, 1.807) is 35.1 Å². The smallest absolute Gasteiger partial charge is 0.411 e. The van der Waals surface area contributed by atoms with Crippen LogP contribution in [0.5, 0.6) is 0 Å². The molecule has 2 rings (SSSR count). The number of ether oxygens (including phenoxy) is 1. The Labute approximate surface area is 130 Å². The van der Waals surface area contributed by atoms with Crippen molar-refractivity contribution < 1.29 is 9.53 Å². The van der Waals surface area contributed by atoms with E-state index < -0.39 is 9.89 Å². The Bertz CT molecular complexity index is 565. The van der Waals surface area contributed by atoms with Gasteiger partial charge in [0.1, 0.15) is 6.61 Å². The molecule has 0 radical (unpaired) electrons. The first-order valence-electron chi connectivity index (χ1n) is 5.55. The highest BCUT2D eigenvalue weighted by molar-refractivity contribution is 6.67. The topological polar surface area (TPSA) is 56.2 Å². The molecule has 0 unspecified atom stereocenters. The lowest BCUT2D eigenvalue weighted by Gasteiger charge is -2.12. The van der Waals surface area contributed by atoms with Crippen LogP contribution in [-0.2, 0) is 4.74 Å². The number of rotatable bonds is 3. The molecule has 0 saturated heterocycles. The van der Waals surface area contributed by atoms with Gasteiger partial charge < -0.3 is 4.74 Å². The van der Waals surface area contributed by atoms with Gasteiger partial charge in [0.15, 0.2) is 0 Å². The number of benzene rings is 1. The van der Waals surface area contributed by atoms with Crippen LogP contribution in [0.15, 0.2) is 42.7 Å². The first kappa shape index (κ1) is 15.0. The Kier molecular flexibility index (Phi) is 4.75. The van der Waals surface area contributed by atoms with E-state index in [0.717, 1.165) is 5.69 Å². The number of hydrogen-bond acceptors (Lipinski definition) is 3. The molecule has 0 saturated carbocycles. The van der Waals surface area contributed by atoms with E-state index in [4.69, 9.17) is 39.5 Å². The SMILES string of the molecule is O=C(Nc1ccc(-n2cccn2)cc1)OCC(Cl)(Cl)Cl. The molecule has 1 amide bonds. The number of amides is 1. The summed E-state index contributed by atoms with van der Waals surface area (Å²) in [5.41, 5.74) is 1.44. The summed E-state index contributed by atoms with van der Waals surface area (Å²) in [4.78, 5) is 11.4. The second-order valence-electron chi connectivity index (χ2n) is 3.81. The first-order chi connectivity index (χ1) is 9.44. The molecule has 0 fully saturated rings. The van der Waals surface area contributed by atoms with E-state index in [1.165, 1.54) is 0 Å². The number of aromatic nitrogens is 2. The summed E-state index contributed by atoms with van der Waals surface area (Å²) in [6, 6.07) is 8.86. The Morgan fingerprint density at radius 1 is 1.30 bits per heavy atom. The minimum atomic E-state index is -1.62. The molecule has 0 aliphatic rings. The molecule has 1 aromatic heterocycles. The van der Waals surface area contributed by atoms with Crippen molar-refractivity contribution in [2.45, 2.75) is 3.79 Å². The summed E-state index contributed by atoms with van der Waals surface area (Å²) >= 11 is 16.4. The Balaban J connectivity index is 1.92. The van der Waals surface area contributed by atoms with Gasteiger partial charge in [-0.05, 0) is 30.3 Å². The predicted molar refractivity (Wildman–Crippen MR) is 78.8 cm³/mol. The van der Waals surface area contributed by atoms with Crippen molar-refractivity contribution in [1.29, 1.82) is 0 Å². The molecule has 1 aromatic carbocycles. The van der Waals surface area contributed by atoms with Crippen LogP contribution in [0.4, 0.5) is 10.5 Å². The standard InChI is InChI=1S/C12H10Cl3N3O2/c13-12(14,15)8-20-11(19)17-9-2-4-10(5-3-9)18-7-1-6-16-18/h1-7H,8H2,(H,17,19). The quantitative estimate of drug-likeness (QED) is 0.869. The number of hydrogen-bond donors (Lipinski definition) is 1. The molecule has 2 aromatic rings. The summed E-state index contributed by atoms with van der Waals surface area (Å²) in [6.45, 7) is -0.325. The largest absolute Gasteiger partial charge is 0.445 e. The number of carbonyl (C=O) groups excluding carboxylic acids is 1. The zero-order valence-corrected chi connectivity index (χ0v) is 12.4.